The number of esters is 1. The van der Waals surface area contributed by atoms with E-state index in [9.17, 15) is 4.79 Å². The molecule has 0 saturated carbocycles. The van der Waals surface area contributed by atoms with Crippen LogP contribution < -0.4 is 5.73 Å². The highest BCUT2D eigenvalue weighted by Crippen LogP contribution is 2.27. The van der Waals surface area contributed by atoms with Crippen LogP contribution in [0.4, 0.5) is 0 Å². The van der Waals surface area contributed by atoms with Gasteiger partial charge in [-0.1, -0.05) is 30.3 Å². The summed E-state index contributed by atoms with van der Waals surface area (Å²) in [6, 6.07) is 9.38. The largest absolute Gasteiger partial charge is 0.456 e. The van der Waals surface area contributed by atoms with Crippen molar-refractivity contribution in [1.29, 1.82) is 0 Å². The first kappa shape index (κ1) is 11.0. The van der Waals surface area contributed by atoms with Crippen LogP contribution in [0.2, 0.25) is 0 Å². The van der Waals surface area contributed by atoms with E-state index in [-0.39, 0.29) is 30.5 Å². The molecule has 4 heteroatoms. The monoisotopic (exact) mass is 213 g/mol. The minimum atomic E-state index is -0.256. The molecule has 0 aliphatic carbocycles. The average molecular weight is 214 g/mol. The van der Waals surface area contributed by atoms with Crippen molar-refractivity contribution in [3.8, 4) is 0 Å². The van der Waals surface area contributed by atoms with E-state index in [2.05, 4.69) is 0 Å². The molecule has 1 aromatic rings. The Balaban J connectivity index is 0.000000980. The number of carbonyl (C=O) groups is 1. The Hall–Kier alpha value is -1.06. The van der Waals surface area contributed by atoms with Crippen molar-refractivity contribution in [2.24, 2.45) is 5.73 Å². The lowest BCUT2D eigenvalue weighted by Gasteiger charge is -2.13. The van der Waals surface area contributed by atoms with Crippen molar-refractivity contribution in [3.05, 3.63) is 35.9 Å². The van der Waals surface area contributed by atoms with Gasteiger partial charge >= 0.3 is 5.97 Å². The van der Waals surface area contributed by atoms with Gasteiger partial charge in [0.25, 0.3) is 0 Å². The van der Waals surface area contributed by atoms with Gasteiger partial charge in [0, 0.05) is 0 Å². The molecule has 2 unspecified atom stereocenters. The van der Waals surface area contributed by atoms with Gasteiger partial charge in [-0.15, -0.1) is 12.4 Å². The van der Waals surface area contributed by atoms with Crippen LogP contribution in [0.1, 0.15) is 18.1 Å². The van der Waals surface area contributed by atoms with Crippen molar-refractivity contribution in [2.75, 3.05) is 0 Å². The minimum Gasteiger partial charge on any atom is -0.456 e. The zero-order chi connectivity index (χ0) is 9.26. The number of hydrogen-bond acceptors (Lipinski definition) is 3. The molecule has 3 nitrogen and oxygen atoms in total. The zero-order valence-electron chi connectivity index (χ0n) is 7.55. The van der Waals surface area contributed by atoms with Gasteiger partial charge in [0.05, 0.1) is 12.5 Å². The third-order valence-electron chi connectivity index (χ3n) is 2.18. The SMILES string of the molecule is Cl.NC1CC(=O)OC1c1ccccc1. The van der Waals surface area contributed by atoms with Gasteiger partial charge in [-0.05, 0) is 5.56 Å². The van der Waals surface area contributed by atoms with Gasteiger partial charge in [0.15, 0.2) is 0 Å². The maximum absolute atomic E-state index is 10.9. The van der Waals surface area contributed by atoms with Gasteiger partial charge in [-0.3, -0.25) is 4.79 Å². The molecule has 2 N–H and O–H groups in total. The van der Waals surface area contributed by atoms with E-state index in [4.69, 9.17) is 10.5 Å². The third-order valence-corrected chi connectivity index (χ3v) is 2.18. The number of benzene rings is 1. The predicted molar refractivity (Wildman–Crippen MR) is 55.1 cm³/mol. The molecule has 14 heavy (non-hydrogen) atoms. The van der Waals surface area contributed by atoms with Crippen molar-refractivity contribution >= 4 is 18.4 Å². The van der Waals surface area contributed by atoms with Crippen molar-refractivity contribution < 1.29 is 9.53 Å². The first-order chi connectivity index (χ1) is 6.27. The number of cyclic esters (lactones) is 1. The molecular weight excluding hydrogens is 202 g/mol. The highest BCUT2D eigenvalue weighted by Gasteiger charge is 2.32. The highest BCUT2D eigenvalue weighted by atomic mass is 35.5. The molecule has 0 radical (unpaired) electrons. The Morgan fingerprint density at radius 2 is 1.93 bits per heavy atom. The molecule has 2 rings (SSSR count). The van der Waals surface area contributed by atoms with E-state index < -0.39 is 0 Å². The van der Waals surface area contributed by atoms with Crippen LogP contribution in [0.3, 0.4) is 0 Å². The van der Waals surface area contributed by atoms with Gasteiger partial charge < -0.3 is 10.5 Å². The second-order valence-electron chi connectivity index (χ2n) is 3.19. The maximum atomic E-state index is 10.9. The number of rotatable bonds is 1. The molecule has 1 aromatic carbocycles. The maximum Gasteiger partial charge on any atom is 0.308 e. The summed E-state index contributed by atoms with van der Waals surface area (Å²) in [5, 5.41) is 0. The molecule has 1 aliphatic heterocycles. The number of hydrogen-bond donors (Lipinski definition) is 1. The highest BCUT2D eigenvalue weighted by molar-refractivity contribution is 5.85. The summed E-state index contributed by atoms with van der Waals surface area (Å²) in [7, 11) is 0. The van der Waals surface area contributed by atoms with E-state index in [1.165, 1.54) is 0 Å². The van der Waals surface area contributed by atoms with Crippen molar-refractivity contribution in [3.63, 3.8) is 0 Å². The van der Waals surface area contributed by atoms with Crippen molar-refractivity contribution in [1.82, 2.24) is 0 Å². The van der Waals surface area contributed by atoms with Gasteiger partial charge in [0.1, 0.15) is 6.10 Å². The lowest BCUT2D eigenvalue weighted by Crippen LogP contribution is -2.23. The molecule has 76 valence electrons. The quantitative estimate of drug-likeness (QED) is 0.718. The minimum absolute atomic E-state index is 0. The summed E-state index contributed by atoms with van der Waals surface area (Å²) in [6.45, 7) is 0. The summed E-state index contributed by atoms with van der Waals surface area (Å²) in [6.07, 6.45) is 0.0632. The molecule has 1 saturated heterocycles. The Bertz CT molecular complexity index is 315. The molecule has 0 bridgehead atoms. The summed E-state index contributed by atoms with van der Waals surface area (Å²) in [4.78, 5) is 10.9. The second kappa shape index (κ2) is 4.44. The molecule has 1 aliphatic rings. The smallest absolute Gasteiger partial charge is 0.308 e. The Labute approximate surface area is 88.7 Å². The zero-order valence-corrected chi connectivity index (χ0v) is 8.37. The first-order valence-corrected chi connectivity index (χ1v) is 4.27. The van der Waals surface area contributed by atoms with Crippen LogP contribution in [0, 0.1) is 0 Å². The fourth-order valence-electron chi connectivity index (χ4n) is 1.53. The van der Waals surface area contributed by atoms with Crippen LogP contribution in [0.25, 0.3) is 0 Å². The molecule has 0 spiro atoms. The lowest BCUT2D eigenvalue weighted by atomic mass is 10.0. The van der Waals surface area contributed by atoms with E-state index in [1.807, 2.05) is 30.3 Å². The van der Waals surface area contributed by atoms with E-state index >= 15 is 0 Å². The number of nitrogens with two attached hydrogens (primary N) is 1. The third kappa shape index (κ3) is 2.05. The molecule has 1 heterocycles. The predicted octanol–water partition coefficient (Wildman–Crippen LogP) is 1.42. The number of carbonyl (C=O) groups excluding carboxylic acids is 1. The van der Waals surface area contributed by atoms with Gasteiger partial charge in [-0.25, -0.2) is 0 Å². The molecule has 0 aromatic heterocycles. The van der Waals surface area contributed by atoms with Crippen LogP contribution in [0.5, 0.6) is 0 Å². The van der Waals surface area contributed by atoms with E-state index in [1.54, 1.807) is 0 Å². The van der Waals surface area contributed by atoms with Crippen LogP contribution in [0.15, 0.2) is 30.3 Å². The van der Waals surface area contributed by atoms with Crippen LogP contribution >= 0.6 is 12.4 Å². The van der Waals surface area contributed by atoms with Crippen molar-refractivity contribution in [2.45, 2.75) is 18.6 Å². The fraction of sp³-hybridized carbons (Fsp3) is 0.300. The van der Waals surface area contributed by atoms with E-state index in [0.29, 0.717) is 6.42 Å². The second-order valence-corrected chi connectivity index (χ2v) is 3.19. The standard InChI is InChI=1S/C10H11NO2.ClH/c11-8-6-9(12)13-10(8)7-4-2-1-3-5-7;/h1-5,8,10H,6,11H2;1H. The van der Waals surface area contributed by atoms with Crippen LogP contribution in [-0.4, -0.2) is 12.0 Å². The normalized spacial score (nSPS) is 25.4. The summed E-state index contributed by atoms with van der Waals surface area (Å²) < 4.78 is 5.10. The Kier molecular flexibility index (Phi) is 3.49. The Morgan fingerprint density at radius 1 is 1.29 bits per heavy atom. The molecular formula is C10H12ClNO2. The Morgan fingerprint density at radius 3 is 2.43 bits per heavy atom. The van der Waals surface area contributed by atoms with E-state index in [0.717, 1.165) is 5.56 Å². The molecule has 2 atom stereocenters. The summed E-state index contributed by atoms with van der Waals surface area (Å²) >= 11 is 0. The van der Waals surface area contributed by atoms with Crippen LogP contribution in [-0.2, 0) is 9.53 Å². The summed E-state index contributed by atoms with van der Waals surface area (Å²) in [5.41, 5.74) is 6.73. The number of halogens is 1. The average Bonchev–Trinajstić information content (AvgIpc) is 2.47. The number of ether oxygens (including phenoxy) is 1. The van der Waals surface area contributed by atoms with Gasteiger partial charge in [0.2, 0.25) is 0 Å². The lowest BCUT2D eigenvalue weighted by molar-refractivity contribution is -0.141. The topological polar surface area (TPSA) is 52.3 Å². The first-order valence-electron chi connectivity index (χ1n) is 4.27. The fourth-order valence-corrected chi connectivity index (χ4v) is 1.53. The summed E-state index contributed by atoms with van der Waals surface area (Å²) in [5.74, 6) is -0.207. The molecule has 1 fully saturated rings. The molecule has 0 amide bonds. The van der Waals surface area contributed by atoms with Gasteiger partial charge in [-0.2, -0.15) is 0 Å².